The number of hydrogen-bond acceptors (Lipinski definition) is 7. The van der Waals surface area contributed by atoms with Gasteiger partial charge in [-0.05, 0) is 56.3 Å². The van der Waals surface area contributed by atoms with Crippen LogP contribution in [0.5, 0.6) is 0 Å². The molecule has 3 aliphatic rings. The van der Waals surface area contributed by atoms with Crippen molar-refractivity contribution >= 4 is 32.9 Å². The predicted octanol–water partition coefficient (Wildman–Crippen LogP) is 2.79. The van der Waals surface area contributed by atoms with Crippen LogP contribution in [0.2, 0.25) is 0 Å². The molecular weight excluding hydrogens is 535 g/mol. The van der Waals surface area contributed by atoms with Crippen molar-refractivity contribution in [3.63, 3.8) is 0 Å². The van der Waals surface area contributed by atoms with E-state index in [0.717, 1.165) is 35.8 Å². The molecule has 2 aromatic heterocycles. The minimum atomic E-state index is -4.30. The molecule has 10 nitrogen and oxygen atoms in total. The molecule has 3 N–H and O–H groups in total. The van der Waals surface area contributed by atoms with Gasteiger partial charge in [0.05, 0.1) is 22.9 Å². The maximum absolute atomic E-state index is 15.8. The minimum Gasteiger partial charge on any atom is -0.354 e. The molecule has 3 fully saturated rings. The van der Waals surface area contributed by atoms with Crippen LogP contribution < -0.4 is 20.9 Å². The Kier molecular flexibility index (Phi) is 6.71. The summed E-state index contributed by atoms with van der Waals surface area (Å²) in [5, 5.41) is 6.79. The molecule has 4 heterocycles. The molecule has 0 amide bonds. The van der Waals surface area contributed by atoms with E-state index in [9.17, 15) is 17.6 Å². The Morgan fingerprint density at radius 2 is 1.97 bits per heavy atom. The molecule has 0 spiro atoms. The Labute approximate surface area is 222 Å². The monoisotopic (exact) mass is 563 g/mol. The fraction of sp³-hybridized carbons (Fsp3) is 0.480. The molecule has 39 heavy (non-hydrogen) atoms. The summed E-state index contributed by atoms with van der Waals surface area (Å²) in [4.78, 5) is 22.7. The van der Waals surface area contributed by atoms with E-state index in [4.69, 9.17) is 0 Å². The zero-order valence-electron chi connectivity index (χ0n) is 21.0. The van der Waals surface area contributed by atoms with Crippen LogP contribution in [0, 0.1) is 17.6 Å². The van der Waals surface area contributed by atoms with Crippen molar-refractivity contribution in [2.24, 2.45) is 5.92 Å². The number of rotatable bonds is 8. The van der Waals surface area contributed by atoms with Gasteiger partial charge in [-0.2, -0.15) is 17.7 Å². The summed E-state index contributed by atoms with van der Waals surface area (Å²) < 4.78 is 74.4. The van der Waals surface area contributed by atoms with Gasteiger partial charge < -0.3 is 10.6 Å². The molecule has 0 radical (unpaired) electrons. The van der Waals surface area contributed by atoms with E-state index < -0.39 is 44.8 Å². The zero-order chi connectivity index (χ0) is 27.3. The molecular formula is C25H28F3N7O3S. The number of alkyl halides is 1. The van der Waals surface area contributed by atoms with Crippen molar-refractivity contribution in [1.82, 2.24) is 24.2 Å². The first kappa shape index (κ1) is 26.0. The SMILES string of the molecule is O=c1c(-c2c(F)ccc(NS(=O)(=O)N3CC[C@@H](F)C3)c2F)cc2cnc(NCC3CC3)nc2n1[C@@H]1CCNC1. The number of anilines is 2. The van der Waals surface area contributed by atoms with Gasteiger partial charge in [-0.1, -0.05) is 0 Å². The van der Waals surface area contributed by atoms with E-state index in [2.05, 4.69) is 25.3 Å². The largest absolute Gasteiger partial charge is 0.354 e. The van der Waals surface area contributed by atoms with E-state index in [1.54, 1.807) is 0 Å². The second-order valence-electron chi connectivity index (χ2n) is 10.3. The number of hydrogen-bond donors (Lipinski definition) is 3. The van der Waals surface area contributed by atoms with Crippen molar-refractivity contribution in [2.75, 3.05) is 42.8 Å². The van der Waals surface area contributed by atoms with E-state index in [1.165, 1.54) is 16.8 Å². The first-order chi connectivity index (χ1) is 18.7. The highest BCUT2D eigenvalue weighted by Crippen LogP contribution is 2.33. The number of aromatic nitrogens is 3. The van der Waals surface area contributed by atoms with Gasteiger partial charge in [0.25, 0.3) is 5.56 Å². The summed E-state index contributed by atoms with van der Waals surface area (Å²) in [6.45, 7) is 1.45. The quantitative estimate of drug-likeness (QED) is 0.386. The molecule has 0 unspecified atom stereocenters. The third-order valence-electron chi connectivity index (χ3n) is 7.45. The van der Waals surface area contributed by atoms with Crippen LogP contribution in [0.25, 0.3) is 22.2 Å². The lowest BCUT2D eigenvalue weighted by Crippen LogP contribution is -2.34. The van der Waals surface area contributed by atoms with Crippen molar-refractivity contribution in [2.45, 2.75) is 37.9 Å². The highest BCUT2D eigenvalue weighted by molar-refractivity contribution is 7.90. The Hall–Kier alpha value is -3.23. The summed E-state index contributed by atoms with van der Waals surface area (Å²) in [6.07, 6.45) is 3.12. The number of halogens is 3. The maximum atomic E-state index is 15.8. The van der Waals surface area contributed by atoms with Crippen molar-refractivity contribution in [3.8, 4) is 11.1 Å². The predicted molar refractivity (Wildman–Crippen MR) is 141 cm³/mol. The van der Waals surface area contributed by atoms with Gasteiger partial charge in [0.1, 0.15) is 17.6 Å². The second kappa shape index (κ2) is 10.1. The lowest BCUT2D eigenvalue weighted by atomic mass is 10.0. The van der Waals surface area contributed by atoms with Crippen molar-refractivity contribution < 1.29 is 21.6 Å². The highest BCUT2D eigenvalue weighted by atomic mass is 32.2. The molecule has 2 atom stereocenters. The molecule has 1 aromatic carbocycles. The van der Waals surface area contributed by atoms with E-state index >= 15 is 8.78 Å². The highest BCUT2D eigenvalue weighted by Gasteiger charge is 2.33. The molecule has 1 saturated carbocycles. The van der Waals surface area contributed by atoms with Crippen molar-refractivity contribution in [1.29, 1.82) is 0 Å². The normalized spacial score (nSPS) is 22.0. The lowest BCUT2D eigenvalue weighted by Gasteiger charge is -2.20. The zero-order valence-corrected chi connectivity index (χ0v) is 21.8. The third kappa shape index (κ3) is 5.08. The number of pyridine rings is 1. The first-order valence-electron chi connectivity index (χ1n) is 13.0. The number of nitrogens with one attached hydrogen (secondary N) is 3. The third-order valence-corrected chi connectivity index (χ3v) is 8.94. The smallest absolute Gasteiger partial charge is 0.301 e. The molecule has 208 valence electrons. The minimum absolute atomic E-state index is 0.0323. The van der Waals surface area contributed by atoms with Gasteiger partial charge in [-0.3, -0.25) is 14.1 Å². The molecule has 2 saturated heterocycles. The van der Waals surface area contributed by atoms with Crippen LogP contribution in [0.4, 0.5) is 24.8 Å². The molecule has 6 rings (SSSR count). The standard InChI is InChI=1S/C25H28F3N7O3S/c26-16-6-8-34(13-16)39(37,38)33-20-4-3-19(27)21(22(20)28)18-9-15-11-31-25(30-10-14-1-2-14)32-23(15)35(24(18)36)17-5-7-29-12-17/h3-4,9,11,14,16-17,29,33H,1-2,5-8,10,12-13H2,(H,30,31,32)/t16-,17-/m1/s1. The van der Waals surface area contributed by atoms with E-state index in [0.29, 0.717) is 42.4 Å². The summed E-state index contributed by atoms with van der Waals surface area (Å²) in [6, 6.07) is 2.86. The number of nitrogens with zero attached hydrogens (tertiary/aromatic N) is 4. The fourth-order valence-corrected chi connectivity index (χ4v) is 6.40. The van der Waals surface area contributed by atoms with Gasteiger partial charge in [-0.25, -0.2) is 18.2 Å². The van der Waals surface area contributed by atoms with Crippen LogP contribution in [0.1, 0.15) is 31.7 Å². The second-order valence-corrected chi connectivity index (χ2v) is 12.0. The fourth-order valence-electron chi connectivity index (χ4n) is 5.13. The van der Waals surface area contributed by atoms with Crippen LogP contribution in [-0.2, 0) is 10.2 Å². The topological polar surface area (TPSA) is 121 Å². The Balaban J connectivity index is 1.44. The summed E-state index contributed by atoms with van der Waals surface area (Å²) in [5.41, 5.74) is -1.79. The Bertz CT molecular complexity index is 1590. The van der Waals surface area contributed by atoms with Gasteiger partial charge in [0.2, 0.25) is 5.95 Å². The van der Waals surface area contributed by atoms with Gasteiger partial charge in [0.15, 0.2) is 5.82 Å². The van der Waals surface area contributed by atoms with Crippen LogP contribution >= 0.6 is 0 Å². The molecule has 14 heteroatoms. The van der Waals surface area contributed by atoms with Crippen LogP contribution in [-0.4, -0.2) is 66.2 Å². The summed E-state index contributed by atoms with van der Waals surface area (Å²) >= 11 is 0. The van der Waals surface area contributed by atoms with Gasteiger partial charge in [0, 0.05) is 37.8 Å². The maximum Gasteiger partial charge on any atom is 0.301 e. The van der Waals surface area contributed by atoms with Crippen LogP contribution in [0.3, 0.4) is 0 Å². The van der Waals surface area contributed by atoms with Crippen LogP contribution in [0.15, 0.2) is 29.2 Å². The lowest BCUT2D eigenvalue weighted by molar-refractivity contribution is 0.343. The van der Waals surface area contributed by atoms with E-state index in [-0.39, 0.29) is 31.1 Å². The molecule has 1 aliphatic carbocycles. The average Bonchev–Trinajstić information content (AvgIpc) is 3.36. The Morgan fingerprint density at radius 1 is 1.15 bits per heavy atom. The molecule has 2 aliphatic heterocycles. The summed E-state index contributed by atoms with van der Waals surface area (Å²) in [5.74, 6) is -1.33. The average molecular weight is 564 g/mol. The molecule has 0 bridgehead atoms. The van der Waals surface area contributed by atoms with Gasteiger partial charge in [-0.15, -0.1) is 0 Å². The van der Waals surface area contributed by atoms with Crippen molar-refractivity contribution in [3.05, 3.63) is 46.4 Å². The van der Waals surface area contributed by atoms with Gasteiger partial charge >= 0.3 is 10.2 Å². The molecule has 3 aromatic rings. The Morgan fingerprint density at radius 3 is 2.67 bits per heavy atom. The first-order valence-corrected chi connectivity index (χ1v) is 14.4. The number of fused-ring (bicyclic) bond motifs is 1. The summed E-state index contributed by atoms with van der Waals surface area (Å²) in [7, 11) is -4.30. The number of benzene rings is 1. The van der Waals surface area contributed by atoms with E-state index in [1.807, 2.05) is 0 Å².